The molecule has 6 heteroatoms. The zero-order chi connectivity index (χ0) is 14.4. The quantitative estimate of drug-likeness (QED) is 0.655. The van der Waals surface area contributed by atoms with Gasteiger partial charge in [-0.2, -0.15) is 11.8 Å². The van der Waals surface area contributed by atoms with Crippen LogP contribution in [-0.4, -0.2) is 47.2 Å². The zero-order valence-corrected chi connectivity index (χ0v) is 12.2. The highest BCUT2D eigenvalue weighted by atomic mass is 32.2. The van der Waals surface area contributed by atoms with E-state index < -0.39 is 5.91 Å². The first-order valence-electron chi connectivity index (χ1n) is 6.20. The molecule has 1 aliphatic rings. The van der Waals surface area contributed by atoms with Crippen molar-refractivity contribution in [1.82, 2.24) is 4.90 Å². The van der Waals surface area contributed by atoms with E-state index in [1.54, 1.807) is 18.7 Å². The minimum absolute atomic E-state index is 0.0244. The molecule has 0 aromatic carbocycles. The Morgan fingerprint density at radius 2 is 2.16 bits per heavy atom. The first-order valence-corrected chi connectivity index (χ1v) is 7.36. The third-order valence-corrected chi connectivity index (χ3v) is 3.96. The standard InChI is InChI=1S/C13H21N3O2S/c1-9-12(10(2)17)5-11(8-19-4-3-14)6-16(9)7-13(15)18/h5-6,9H,3-4,7-8,14H2,1-2H3,(H2,15,18). The number of nitrogens with zero attached hydrogens (tertiary/aromatic N) is 1. The van der Waals surface area contributed by atoms with Crippen LogP contribution in [0.3, 0.4) is 0 Å². The van der Waals surface area contributed by atoms with Crippen molar-refractivity contribution < 1.29 is 9.59 Å². The Hall–Kier alpha value is -1.27. The first-order chi connectivity index (χ1) is 8.95. The fourth-order valence-corrected chi connectivity index (χ4v) is 2.68. The Kier molecular flexibility index (Phi) is 6.11. The number of carbonyl (C=O) groups is 2. The van der Waals surface area contributed by atoms with Crippen molar-refractivity contribution in [3.63, 3.8) is 0 Å². The van der Waals surface area contributed by atoms with Gasteiger partial charge in [0.15, 0.2) is 5.78 Å². The number of allylic oxidation sites excluding steroid dienone is 1. The van der Waals surface area contributed by atoms with Crippen LogP contribution < -0.4 is 11.5 Å². The summed E-state index contributed by atoms with van der Waals surface area (Å²) >= 11 is 1.70. The lowest BCUT2D eigenvalue weighted by atomic mass is 9.98. The summed E-state index contributed by atoms with van der Waals surface area (Å²) in [6, 6.07) is -0.117. The van der Waals surface area contributed by atoms with Crippen LogP contribution in [0.2, 0.25) is 0 Å². The number of hydrogen-bond acceptors (Lipinski definition) is 5. The van der Waals surface area contributed by atoms with Crippen molar-refractivity contribution in [2.75, 3.05) is 24.6 Å². The van der Waals surface area contributed by atoms with E-state index in [0.717, 1.165) is 17.1 Å². The molecule has 4 N–H and O–H groups in total. The minimum Gasteiger partial charge on any atom is -0.368 e. The molecule has 0 bridgehead atoms. The van der Waals surface area contributed by atoms with Crippen molar-refractivity contribution in [3.8, 4) is 0 Å². The van der Waals surface area contributed by atoms with Crippen LogP contribution in [0.4, 0.5) is 0 Å². The highest BCUT2D eigenvalue weighted by Crippen LogP contribution is 2.23. The average molecular weight is 283 g/mol. The smallest absolute Gasteiger partial charge is 0.236 e. The molecule has 0 fully saturated rings. The summed E-state index contributed by atoms with van der Waals surface area (Å²) in [6.45, 7) is 4.19. The predicted molar refractivity (Wildman–Crippen MR) is 78.6 cm³/mol. The van der Waals surface area contributed by atoms with Gasteiger partial charge in [-0.3, -0.25) is 9.59 Å². The average Bonchev–Trinajstić information content (AvgIpc) is 2.32. The van der Waals surface area contributed by atoms with Gasteiger partial charge < -0.3 is 16.4 Å². The van der Waals surface area contributed by atoms with Crippen LogP contribution in [0.15, 0.2) is 23.4 Å². The molecule has 1 aliphatic heterocycles. The first kappa shape index (κ1) is 15.8. The Bertz CT molecular complexity index is 418. The van der Waals surface area contributed by atoms with Crippen molar-refractivity contribution in [1.29, 1.82) is 0 Å². The normalized spacial score (nSPS) is 18.9. The second-order valence-corrected chi connectivity index (χ2v) is 5.62. The third kappa shape index (κ3) is 4.72. The van der Waals surface area contributed by atoms with Crippen LogP contribution in [0.1, 0.15) is 13.8 Å². The fourth-order valence-electron chi connectivity index (χ4n) is 1.97. The summed E-state index contributed by atoms with van der Waals surface area (Å²) in [5.41, 5.74) is 12.4. The third-order valence-electron chi connectivity index (χ3n) is 2.90. The van der Waals surface area contributed by atoms with E-state index in [2.05, 4.69) is 0 Å². The molecule has 1 amide bonds. The van der Waals surface area contributed by atoms with Crippen LogP contribution >= 0.6 is 11.8 Å². The molecule has 1 rings (SSSR count). The van der Waals surface area contributed by atoms with E-state index in [1.165, 1.54) is 0 Å². The van der Waals surface area contributed by atoms with E-state index in [4.69, 9.17) is 11.5 Å². The van der Waals surface area contributed by atoms with Crippen LogP contribution in [0, 0.1) is 0 Å². The Morgan fingerprint density at radius 3 is 2.68 bits per heavy atom. The molecule has 106 valence electrons. The lowest BCUT2D eigenvalue weighted by Gasteiger charge is -2.32. The number of nitrogens with two attached hydrogens (primary N) is 2. The minimum atomic E-state index is -0.401. The fraction of sp³-hybridized carbons (Fsp3) is 0.538. The maximum absolute atomic E-state index is 11.7. The maximum Gasteiger partial charge on any atom is 0.236 e. The van der Waals surface area contributed by atoms with Crippen LogP contribution in [0.5, 0.6) is 0 Å². The number of rotatable bonds is 7. The lowest BCUT2D eigenvalue weighted by Crippen LogP contribution is -2.40. The largest absolute Gasteiger partial charge is 0.368 e. The van der Waals surface area contributed by atoms with E-state index in [-0.39, 0.29) is 18.4 Å². The molecular formula is C13H21N3O2S. The van der Waals surface area contributed by atoms with Gasteiger partial charge in [0.25, 0.3) is 0 Å². The molecule has 1 heterocycles. The van der Waals surface area contributed by atoms with Crippen molar-refractivity contribution >= 4 is 23.5 Å². The molecule has 1 unspecified atom stereocenters. The molecular weight excluding hydrogens is 262 g/mol. The summed E-state index contributed by atoms with van der Waals surface area (Å²) in [5.74, 6) is 1.26. The van der Waals surface area contributed by atoms with Gasteiger partial charge in [-0.25, -0.2) is 0 Å². The Morgan fingerprint density at radius 1 is 1.47 bits per heavy atom. The van der Waals surface area contributed by atoms with E-state index in [9.17, 15) is 9.59 Å². The maximum atomic E-state index is 11.7. The highest BCUT2D eigenvalue weighted by Gasteiger charge is 2.24. The van der Waals surface area contributed by atoms with Gasteiger partial charge >= 0.3 is 0 Å². The topological polar surface area (TPSA) is 89.4 Å². The van der Waals surface area contributed by atoms with Crippen molar-refractivity contribution in [3.05, 3.63) is 23.4 Å². The number of Topliss-reactive ketones (excluding diaryl/α,β-unsaturated/α-hetero) is 1. The monoisotopic (exact) mass is 283 g/mol. The number of amides is 1. The van der Waals surface area contributed by atoms with Gasteiger partial charge in [-0.1, -0.05) is 0 Å². The van der Waals surface area contributed by atoms with Gasteiger partial charge in [0.1, 0.15) is 0 Å². The number of ketones is 1. The van der Waals surface area contributed by atoms with E-state index in [0.29, 0.717) is 12.1 Å². The van der Waals surface area contributed by atoms with E-state index in [1.807, 2.05) is 24.1 Å². The predicted octanol–water partition coefficient (Wildman–Crippen LogP) is 0.267. The van der Waals surface area contributed by atoms with Gasteiger partial charge in [-0.15, -0.1) is 0 Å². The summed E-state index contributed by atoms with van der Waals surface area (Å²) in [7, 11) is 0. The van der Waals surface area contributed by atoms with Gasteiger partial charge in [0.05, 0.1) is 12.6 Å². The molecule has 0 spiro atoms. The van der Waals surface area contributed by atoms with Crippen molar-refractivity contribution in [2.24, 2.45) is 11.5 Å². The van der Waals surface area contributed by atoms with E-state index >= 15 is 0 Å². The molecule has 5 nitrogen and oxygen atoms in total. The number of carbonyl (C=O) groups excluding carboxylic acids is 2. The SMILES string of the molecule is CC(=O)C1=CC(CSCCN)=CN(CC(N)=O)C1C. The second-order valence-electron chi connectivity index (χ2n) is 4.52. The molecule has 0 radical (unpaired) electrons. The van der Waals surface area contributed by atoms with Gasteiger partial charge in [0, 0.05) is 29.8 Å². The number of primary amides is 1. The second kappa shape index (κ2) is 7.35. The molecule has 0 aromatic rings. The van der Waals surface area contributed by atoms with Crippen LogP contribution in [-0.2, 0) is 9.59 Å². The summed E-state index contributed by atoms with van der Waals surface area (Å²) in [6.07, 6.45) is 3.82. The summed E-state index contributed by atoms with van der Waals surface area (Å²) in [4.78, 5) is 24.5. The van der Waals surface area contributed by atoms with Crippen LogP contribution in [0.25, 0.3) is 0 Å². The summed E-state index contributed by atoms with van der Waals surface area (Å²) < 4.78 is 0. The molecule has 0 aliphatic carbocycles. The highest BCUT2D eigenvalue weighted by molar-refractivity contribution is 7.99. The van der Waals surface area contributed by atoms with Gasteiger partial charge in [0.2, 0.25) is 5.91 Å². The Balaban J connectivity index is 2.86. The summed E-state index contributed by atoms with van der Waals surface area (Å²) in [5, 5.41) is 0. The zero-order valence-electron chi connectivity index (χ0n) is 11.4. The lowest BCUT2D eigenvalue weighted by molar-refractivity contribution is -0.119. The van der Waals surface area contributed by atoms with Gasteiger partial charge in [-0.05, 0) is 25.5 Å². The molecule has 19 heavy (non-hydrogen) atoms. The molecule has 1 atom stereocenters. The molecule has 0 saturated heterocycles. The molecule has 0 aromatic heterocycles. The van der Waals surface area contributed by atoms with Crippen molar-refractivity contribution in [2.45, 2.75) is 19.9 Å². The molecule has 0 saturated carbocycles. The number of hydrogen-bond donors (Lipinski definition) is 2. The number of thioether (sulfide) groups is 1. The Labute approximate surface area is 118 Å².